The third kappa shape index (κ3) is 4.96. The summed E-state index contributed by atoms with van der Waals surface area (Å²) in [5.74, 6) is 0. The third-order valence-corrected chi connectivity index (χ3v) is 0.650. The van der Waals surface area contributed by atoms with Crippen molar-refractivity contribution in [2.45, 2.75) is 0 Å². The summed E-state index contributed by atoms with van der Waals surface area (Å²) in [7, 11) is 1.47. The number of isocyanates is 1. The summed E-state index contributed by atoms with van der Waals surface area (Å²) < 4.78 is 8.88. The van der Waals surface area contributed by atoms with Crippen LogP contribution in [0.4, 0.5) is 4.79 Å². The molecule has 0 radical (unpaired) electrons. The predicted octanol–water partition coefficient (Wildman–Crippen LogP) is 0.105. The molecule has 0 spiro atoms. The maximum absolute atomic E-state index is 10.2. The van der Waals surface area contributed by atoms with E-state index in [0.717, 1.165) is 6.08 Å². The van der Waals surface area contributed by atoms with E-state index in [9.17, 15) is 9.59 Å². The topological polar surface area (TPSA) is 65.0 Å². The Labute approximate surface area is 57.6 Å². The van der Waals surface area contributed by atoms with Crippen molar-refractivity contribution in [1.82, 2.24) is 0 Å². The highest BCUT2D eigenvalue weighted by Crippen LogP contribution is 1.81. The van der Waals surface area contributed by atoms with Gasteiger partial charge in [0.1, 0.15) is 6.61 Å². The van der Waals surface area contributed by atoms with E-state index >= 15 is 0 Å². The molecule has 0 aliphatic carbocycles. The second-order valence-electron chi connectivity index (χ2n) is 1.31. The minimum atomic E-state index is -0.938. The molecule has 0 heterocycles. The van der Waals surface area contributed by atoms with Crippen LogP contribution in [-0.4, -0.2) is 32.5 Å². The van der Waals surface area contributed by atoms with E-state index in [1.807, 2.05) is 0 Å². The Bertz CT molecular complexity index is 150. The molecule has 0 N–H and O–H groups in total. The lowest BCUT2D eigenvalue weighted by Crippen LogP contribution is -2.05. The van der Waals surface area contributed by atoms with Gasteiger partial charge in [0.2, 0.25) is 6.08 Å². The van der Waals surface area contributed by atoms with Crippen LogP contribution >= 0.6 is 0 Å². The number of carbonyl (C=O) groups excluding carboxylic acids is 2. The molecule has 0 aromatic carbocycles. The first-order valence-corrected chi connectivity index (χ1v) is 2.55. The summed E-state index contributed by atoms with van der Waals surface area (Å²) in [5.41, 5.74) is 0. The van der Waals surface area contributed by atoms with Gasteiger partial charge < -0.3 is 9.47 Å². The maximum atomic E-state index is 10.2. The lowest BCUT2D eigenvalue weighted by molar-refractivity contribution is 0.105. The van der Waals surface area contributed by atoms with Crippen LogP contribution in [0.1, 0.15) is 0 Å². The van der Waals surface area contributed by atoms with Crippen LogP contribution in [0, 0.1) is 0 Å². The van der Waals surface area contributed by atoms with E-state index in [0.29, 0.717) is 6.61 Å². The molecule has 0 aromatic heterocycles. The van der Waals surface area contributed by atoms with Gasteiger partial charge in [0.15, 0.2) is 0 Å². The Morgan fingerprint density at radius 2 is 2.30 bits per heavy atom. The van der Waals surface area contributed by atoms with E-state index in [1.165, 1.54) is 7.11 Å². The minimum absolute atomic E-state index is 0.0977. The smallest absolute Gasteiger partial charge is 0.444 e. The summed E-state index contributed by atoms with van der Waals surface area (Å²) in [4.78, 5) is 22.3. The van der Waals surface area contributed by atoms with Gasteiger partial charge in [-0.1, -0.05) is 4.99 Å². The zero-order chi connectivity index (χ0) is 7.82. The molecule has 0 fully saturated rings. The van der Waals surface area contributed by atoms with Gasteiger partial charge in [0, 0.05) is 7.11 Å². The van der Waals surface area contributed by atoms with Crippen LogP contribution in [0.2, 0.25) is 0 Å². The van der Waals surface area contributed by atoms with Crippen molar-refractivity contribution in [3.05, 3.63) is 0 Å². The van der Waals surface area contributed by atoms with Crippen LogP contribution in [0.5, 0.6) is 0 Å². The highest BCUT2D eigenvalue weighted by molar-refractivity contribution is 5.74. The second kappa shape index (κ2) is 5.94. The van der Waals surface area contributed by atoms with Gasteiger partial charge in [-0.25, -0.2) is 9.59 Å². The van der Waals surface area contributed by atoms with Gasteiger partial charge in [0.05, 0.1) is 6.61 Å². The van der Waals surface area contributed by atoms with Crippen molar-refractivity contribution in [1.29, 1.82) is 0 Å². The normalized spacial score (nSPS) is 8.10. The molecule has 0 aliphatic heterocycles. The van der Waals surface area contributed by atoms with Crippen molar-refractivity contribution in [3.8, 4) is 0 Å². The fourth-order valence-corrected chi connectivity index (χ4v) is 0.282. The lowest BCUT2D eigenvalue weighted by atomic mass is 10.8. The molecule has 0 unspecified atom stereocenters. The summed E-state index contributed by atoms with van der Waals surface area (Å²) in [6.07, 6.45) is 0.116. The first kappa shape index (κ1) is 8.81. The van der Waals surface area contributed by atoms with Crippen molar-refractivity contribution in [3.63, 3.8) is 0 Å². The molecule has 0 rings (SSSR count). The van der Waals surface area contributed by atoms with E-state index in [-0.39, 0.29) is 6.61 Å². The Kier molecular flexibility index (Phi) is 5.23. The molecular formula is C5H7NO4. The Morgan fingerprint density at radius 3 is 2.80 bits per heavy atom. The van der Waals surface area contributed by atoms with Gasteiger partial charge in [0.25, 0.3) is 0 Å². The summed E-state index contributed by atoms with van der Waals surface area (Å²) >= 11 is 0. The third-order valence-electron chi connectivity index (χ3n) is 0.650. The number of hydrogen-bond acceptors (Lipinski definition) is 4. The standard InChI is InChI=1S/C5H7NO4/c1-9-2-3-10-5(8)6-4-7/h2-3H2,1H3. The SMILES string of the molecule is COCCOC(=O)N=C=O. The molecular weight excluding hydrogens is 138 g/mol. The maximum Gasteiger partial charge on any atom is 0.444 e. The van der Waals surface area contributed by atoms with Crippen molar-refractivity contribution in [2.24, 2.45) is 4.99 Å². The van der Waals surface area contributed by atoms with Gasteiger partial charge in [-0.3, -0.25) is 0 Å². The molecule has 0 bridgehead atoms. The summed E-state index contributed by atoms with van der Waals surface area (Å²) in [6.45, 7) is 0.390. The van der Waals surface area contributed by atoms with Crippen LogP contribution in [0.3, 0.4) is 0 Å². The quantitative estimate of drug-likeness (QED) is 0.321. The van der Waals surface area contributed by atoms with E-state index in [2.05, 4.69) is 14.5 Å². The van der Waals surface area contributed by atoms with Crippen LogP contribution < -0.4 is 0 Å². The zero-order valence-electron chi connectivity index (χ0n) is 5.49. The number of carbonyl (C=O) groups is 1. The fraction of sp³-hybridized carbons (Fsp3) is 0.600. The molecule has 5 heteroatoms. The first-order chi connectivity index (χ1) is 4.81. The molecule has 0 saturated heterocycles. The molecule has 1 amide bonds. The van der Waals surface area contributed by atoms with Gasteiger partial charge in [-0.05, 0) is 0 Å². The number of amides is 1. The lowest BCUT2D eigenvalue weighted by Gasteiger charge is -1.96. The number of methoxy groups -OCH3 is 1. The van der Waals surface area contributed by atoms with Crippen LogP contribution in [0.15, 0.2) is 4.99 Å². The molecule has 0 aromatic rings. The molecule has 0 atom stereocenters. The average Bonchev–Trinajstić information content (AvgIpc) is 1.89. The number of hydrogen-bond donors (Lipinski definition) is 0. The molecule has 5 nitrogen and oxygen atoms in total. The van der Waals surface area contributed by atoms with E-state index < -0.39 is 6.09 Å². The van der Waals surface area contributed by atoms with Crippen molar-refractivity contribution >= 4 is 12.2 Å². The van der Waals surface area contributed by atoms with Crippen LogP contribution in [-0.2, 0) is 14.3 Å². The summed E-state index contributed by atoms with van der Waals surface area (Å²) in [5, 5.41) is 0. The van der Waals surface area contributed by atoms with E-state index in [4.69, 9.17) is 0 Å². The van der Waals surface area contributed by atoms with Crippen molar-refractivity contribution < 1.29 is 19.1 Å². The average molecular weight is 145 g/mol. The Morgan fingerprint density at radius 1 is 1.60 bits per heavy atom. The molecule has 10 heavy (non-hydrogen) atoms. The minimum Gasteiger partial charge on any atom is -0.445 e. The monoisotopic (exact) mass is 145 g/mol. The zero-order valence-corrected chi connectivity index (χ0v) is 5.49. The summed E-state index contributed by atoms with van der Waals surface area (Å²) in [6, 6.07) is 0. The first-order valence-electron chi connectivity index (χ1n) is 2.55. The van der Waals surface area contributed by atoms with Gasteiger partial charge in [-0.15, -0.1) is 0 Å². The van der Waals surface area contributed by atoms with E-state index in [1.54, 1.807) is 0 Å². The largest absolute Gasteiger partial charge is 0.445 e. The van der Waals surface area contributed by atoms with Crippen molar-refractivity contribution in [2.75, 3.05) is 20.3 Å². The second-order valence-corrected chi connectivity index (χ2v) is 1.31. The molecule has 0 saturated carbocycles. The van der Waals surface area contributed by atoms with Gasteiger partial charge in [-0.2, -0.15) is 0 Å². The van der Waals surface area contributed by atoms with Crippen LogP contribution in [0.25, 0.3) is 0 Å². The molecule has 0 aliphatic rings. The molecule has 56 valence electrons. The highest BCUT2D eigenvalue weighted by atomic mass is 16.6. The van der Waals surface area contributed by atoms with Gasteiger partial charge >= 0.3 is 6.09 Å². The number of ether oxygens (including phenoxy) is 2. The highest BCUT2D eigenvalue weighted by Gasteiger charge is 1.95. The predicted molar refractivity (Wildman–Crippen MR) is 31.3 cm³/mol. The Balaban J connectivity index is 3.31. The number of rotatable bonds is 3. The fourth-order valence-electron chi connectivity index (χ4n) is 0.282. The Hall–Kier alpha value is -1.19. The number of nitrogens with zero attached hydrogens (tertiary/aromatic N) is 1. The number of aliphatic imine (C=N–C) groups is 1.